The van der Waals surface area contributed by atoms with Gasteiger partial charge in [0.25, 0.3) is 0 Å². The van der Waals surface area contributed by atoms with Gasteiger partial charge in [-0.15, -0.1) is 10.2 Å². The van der Waals surface area contributed by atoms with E-state index in [1.165, 1.54) is 12.1 Å². The van der Waals surface area contributed by atoms with Crippen LogP contribution in [-0.4, -0.2) is 28.2 Å². The maximum Gasteiger partial charge on any atom is 0.416 e. The van der Waals surface area contributed by atoms with Crippen LogP contribution in [0.25, 0.3) is 11.5 Å². The van der Waals surface area contributed by atoms with E-state index in [1.54, 1.807) is 17.4 Å². The zero-order valence-corrected chi connectivity index (χ0v) is 15.3. The third-order valence-corrected chi connectivity index (χ3v) is 5.49. The largest absolute Gasteiger partial charge is 0.420 e. The summed E-state index contributed by atoms with van der Waals surface area (Å²) in [5.74, 6) is 1.38. The number of rotatable bonds is 4. The molecule has 4 nitrogen and oxygen atoms in total. The van der Waals surface area contributed by atoms with Gasteiger partial charge in [-0.25, -0.2) is 0 Å². The van der Waals surface area contributed by atoms with E-state index in [1.807, 2.05) is 16.8 Å². The minimum absolute atomic E-state index is 0.197. The van der Waals surface area contributed by atoms with Gasteiger partial charge in [0.1, 0.15) is 0 Å². The summed E-state index contributed by atoms with van der Waals surface area (Å²) in [6.07, 6.45) is -2.60. The molecule has 27 heavy (non-hydrogen) atoms. The van der Waals surface area contributed by atoms with Crippen LogP contribution >= 0.6 is 11.3 Å². The molecule has 1 saturated heterocycles. The van der Waals surface area contributed by atoms with Crippen LogP contribution < -0.4 is 0 Å². The summed E-state index contributed by atoms with van der Waals surface area (Å²) in [4.78, 5) is 2.17. The summed E-state index contributed by atoms with van der Waals surface area (Å²) in [5, 5.41) is 12.2. The molecule has 8 heteroatoms. The number of aromatic nitrogens is 2. The molecule has 1 fully saturated rings. The van der Waals surface area contributed by atoms with E-state index in [0.717, 1.165) is 37.6 Å². The highest BCUT2D eigenvalue weighted by atomic mass is 32.1. The van der Waals surface area contributed by atoms with Gasteiger partial charge in [0.2, 0.25) is 11.8 Å². The Morgan fingerprint density at radius 2 is 1.96 bits per heavy atom. The number of hydrogen-bond acceptors (Lipinski definition) is 5. The van der Waals surface area contributed by atoms with Gasteiger partial charge in [-0.3, -0.25) is 4.90 Å². The van der Waals surface area contributed by atoms with E-state index in [-0.39, 0.29) is 5.92 Å². The zero-order valence-electron chi connectivity index (χ0n) is 14.4. The van der Waals surface area contributed by atoms with Gasteiger partial charge in [-0.2, -0.15) is 24.5 Å². The number of halogens is 3. The first-order valence-corrected chi connectivity index (χ1v) is 9.68. The molecule has 3 aromatic rings. The average Bonchev–Trinajstić information content (AvgIpc) is 3.34. The van der Waals surface area contributed by atoms with Crippen LogP contribution in [0.1, 0.15) is 35.8 Å². The molecule has 0 N–H and O–H groups in total. The van der Waals surface area contributed by atoms with Gasteiger partial charge in [-0.05, 0) is 49.0 Å². The third-order valence-electron chi connectivity index (χ3n) is 4.81. The average molecular weight is 393 g/mol. The highest BCUT2D eigenvalue weighted by Crippen LogP contribution is 2.32. The van der Waals surface area contributed by atoms with E-state index in [0.29, 0.717) is 23.9 Å². The third kappa shape index (κ3) is 4.22. The number of benzene rings is 1. The van der Waals surface area contributed by atoms with Crippen molar-refractivity contribution in [1.82, 2.24) is 15.1 Å². The molecule has 2 aromatic heterocycles. The summed E-state index contributed by atoms with van der Waals surface area (Å²) in [6, 6.07) is 7.50. The molecular weight excluding hydrogens is 375 g/mol. The molecular formula is C19H18F3N3OS. The Morgan fingerprint density at radius 1 is 1.15 bits per heavy atom. The highest BCUT2D eigenvalue weighted by Gasteiger charge is 2.31. The topological polar surface area (TPSA) is 42.2 Å². The Balaban J connectivity index is 1.36. The predicted molar refractivity (Wildman–Crippen MR) is 96.3 cm³/mol. The first-order valence-electron chi connectivity index (χ1n) is 8.73. The smallest absolute Gasteiger partial charge is 0.416 e. The summed E-state index contributed by atoms with van der Waals surface area (Å²) in [5.41, 5.74) is 1.02. The predicted octanol–water partition coefficient (Wildman–Crippen LogP) is 5.20. The molecule has 1 aliphatic rings. The number of piperidine rings is 1. The van der Waals surface area contributed by atoms with E-state index in [9.17, 15) is 13.2 Å². The molecule has 1 aromatic carbocycles. The van der Waals surface area contributed by atoms with Gasteiger partial charge in [0.15, 0.2) is 0 Å². The Labute approximate surface area is 158 Å². The molecule has 0 unspecified atom stereocenters. The Bertz CT molecular complexity index is 884. The second-order valence-electron chi connectivity index (χ2n) is 6.71. The number of nitrogens with zero attached hydrogens (tertiary/aromatic N) is 3. The summed E-state index contributed by atoms with van der Waals surface area (Å²) in [7, 11) is 0. The van der Waals surface area contributed by atoms with E-state index in [2.05, 4.69) is 15.1 Å². The lowest BCUT2D eigenvalue weighted by molar-refractivity contribution is -0.137. The van der Waals surface area contributed by atoms with Crippen molar-refractivity contribution in [2.24, 2.45) is 0 Å². The molecule has 4 rings (SSSR count). The maximum atomic E-state index is 12.9. The standard InChI is InChI=1S/C19H18F3N3OS/c20-19(21,22)16-3-1-2-13(10-16)11-25-7-4-14(5-8-25)17-23-24-18(26-17)15-6-9-27-12-15/h1-3,6,9-10,12,14H,4-5,7-8,11H2. The van der Waals surface area contributed by atoms with Crippen LogP contribution in [0.3, 0.4) is 0 Å². The van der Waals surface area contributed by atoms with Crippen molar-refractivity contribution in [2.75, 3.05) is 13.1 Å². The van der Waals surface area contributed by atoms with Gasteiger partial charge < -0.3 is 4.42 Å². The van der Waals surface area contributed by atoms with Crippen molar-refractivity contribution >= 4 is 11.3 Å². The first kappa shape index (κ1) is 18.2. The Kier molecular flexibility index (Phi) is 5.01. The van der Waals surface area contributed by atoms with Gasteiger partial charge in [-0.1, -0.05) is 18.2 Å². The molecule has 0 saturated carbocycles. The second-order valence-corrected chi connectivity index (χ2v) is 7.49. The maximum absolute atomic E-state index is 12.9. The molecule has 1 aliphatic heterocycles. The van der Waals surface area contributed by atoms with Crippen molar-refractivity contribution in [1.29, 1.82) is 0 Å². The van der Waals surface area contributed by atoms with Crippen molar-refractivity contribution in [2.45, 2.75) is 31.5 Å². The van der Waals surface area contributed by atoms with Crippen molar-refractivity contribution < 1.29 is 17.6 Å². The lowest BCUT2D eigenvalue weighted by Gasteiger charge is -2.30. The van der Waals surface area contributed by atoms with Crippen molar-refractivity contribution in [3.8, 4) is 11.5 Å². The van der Waals surface area contributed by atoms with Crippen molar-refractivity contribution in [3.05, 3.63) is 58.1 Å². The van der Waals surface area contributed by atoms with Crippen LogP contribution in [0.4, 0.5) is 13.2 Å². The lowest BCUT2D eigenvalue weighted by atomic mass is 9.96. The van der Waals surface area contributed by atoms with E-state index >= 15 is 0 Å². The number of hydrogen-bond donors (Lipinski definition) is 0. The van der Waals surface area contributed by atoms with Crippen LogP contribution in [0, 0.1) is 0 Å². The van der Waals surface area contributed by atoms with Crippen LogP contribution in [-0.2, 0) is 12.7 Å². The fraction of sp³-hybridized carbons (Fsp3) is 0.368. The van der Waals surface area contributed by atoms with Crippen LogP contribution in [0.5, 0.6) is 0 Å². The van der Waals surface area contributed by atoms with E-state index in [4.69, 9.17) is 4.42 Å². The van der Waals surface area contributed by atoms with E-state index < -0.39 is 11.7 Å². The summed E-state index contributed by atoms with van der Waals surface area (Å²) < 4.78 is 44.4. The van der Waals surface area contributed by atoms with Gasteiger partial charge in [0, 0.05) is 23.4 Å². The molecule has 142 valence electrons. The molecule has 0 amide bonds. The molecule has 0 bridgehead atoms. The normalized spacial score (nSPS) is 16.7. The summed E-state index contributed by atoms with van der Waals surface area (Å²) >= 11 is 1.58. The monoisotopic (exact) mass is 393 g/mol. The Hall–Kier alpha value is -2.19. The lowest BCUT2D eigenvalue weighted by Crippen LogP contribution is -2.32. The number of thiophene rings is 1. The molecule has 0 radical (unpaired) electrons. The van der Waals surface area contributed by atoms with Crippen LogP contribution in [0.2, 0.25) is 0 Å². The van der Waals surface area contributed by atoms with Crippen LogP contribution in [0.15, 0.2) is 45.5 Å². The molecule has 0 aliphatic carbocycles. The zero-order chi connectivity index (χ0) is 18.9. The first-order chi connectivity index (χ1) is 13.0. The molecule has 0 spiro atoms. The quantitative estimate of drug-likeness (QED) is 0.611. The Morgan fingerprint density at radius 3 is 2.67 bits per heavy atom. The van der Waals surface area contributed by atoms with Gasteiger partial charge in [0.05, 0.1) is 5.56 Å². The minimum Gasteiger partial charge on any atom is -0.420 e. The highest BCUT2D eigenvalue weighted by molar-refractivity contribution is 7.08. The molecule has 0 atom stereocenters. The second kappa shape index (κ2) is 7.44. The molecule has 3 heterocycles. The minimum atomic E-state index is -4.30. The number of likely N-dealkylation sites (tertiary alicyclic amines) is 1. The SMILES string of the molecule is FC(F)(F)c1cccc(CN2CCC(c3nnc(-c4ccsc4)o3)CC2)c1. The fourth-order valence-corrected chi connectivity index (χ4v) is 3.97. The number of alkyl halides is 3. The van der Waals surface area contributed by atoms with Crippen molar-refractivity contribution in [3.63, 3.8) is 0 Å². The summed E-state index contributed by atoms with van der Waals surface area (Å²) in [6.45, 7) is 2.09. The fourth-order valence-electron chi connectivity index (χ4n) is 3.34. The van der Waals surface area contributed by atoms with Gasteiger partial charge >= 0.3 is 6.18 Å².